The van der Waals surface area contributed by atoms with Crippen LogP contribution in [0.1, 0.15) is 20.3 Å². The second-order valence-corrected chi connectivity index (χ2v) is 4.54. The van der Waals surface area contributed by atoms with Crippen molar-refractivity contribution in [3.05, 3.63) is 0 Å². The third-order valence-corrected chi connectivity index (χ3v) is 2.38. The summed E-state index contributed by atoms with van der Waals surface area (Å²) in [6, 6.07) is 2.24. The van der Waals surface area contributed by atoms with Crippen molar-refractivity contribution in [3.8, 4) is 6.07 Å². The maximum atomic E-state index is 10.7. The molecule has 0 aromatic heterocycles. The molecule has 1 N–H and O–H groups in total. The lowest BCUT2D eigenvalue weighted by Crippen LogP contribution is -2.34. The van der Waals surface area contributed by atoms with E-state index in [4.69, 9.17) is 5.26 Å². The molecule has 3 nitrogen and oxygen atoms in total. The van der Waals surface area contributed by atoms with E-state index in [1.807, 2.05) is 13.8 Å². The summed E-state index contributed by atoms with van der Waals surface area (Å²) in [5.74, 6) is 0.701. The van der Waals surface area contributed by atoms with E-state index >= 15 is 0 Å². The first-order valence-electron chi connectivity index (χ1n) is 4.02. The zero-order chi connectivity index (χ0) is 9.56. The average Bonchev–Trinajstić information content (AvgIpc) is 2.00. The van der Waals surface area contributed by atoms with Gasteiger partial charge in [0.2, 0.25) is 0 Å². The second-order valence-electron chi connectivity index (χ2n) is 2.98. The molecule has 0 spiro atoms. The van der Waals surface area contributed by atoms with E-state index in [-0.39, 0.29) is 12.1 Å². The Hall–Kier alpha value is -0.400. The summed E-state index contributed by atoms with van der Waals surface area (Å²) >= 11 is 0. The van der Waals surface area contributed by atoms with E-state index in [9.17, 15) is 4.21 Å². The van der Waals surface area contributed by atoms with Crippen LogP contribution < -0.4 is 5.32 Å². The van der Waals surface area contributed by atoms with E-state index in [1.165, 1.54) is 0 Å². The van der Waals surface area contributed by atoms with Gasteiger partial charge >= 0.3 is 0 Å². The van der Waals surface area contributed by atoms with Gasteiger partial charge in [0.1, 0.15) is 0 Å². The molecule has 0 fully saturated rings. The molecule has 0 aliphatic heterocycles. The normalized spacial score (nSPS) is 17.8. The lowest BCUT2D eigenvalue weighted by Gasteiger charge is -2.13. The number of nitriles is 1. The highest BCUT2D eigenvalue weighted by atomic mass is 32.2. The van der Waals surface area contributed by atoms with Gasteiger partial charge in [-0.2, -0.15) is 5.26 Å². The van der Waals surface area contributed by atoms with Crippen LogP contribution in [-0.2, 0) is 10.8 Å². The summed E-state index contributed by atoms with van der Waals surface area (Å²) in [7, 11) is -0.726. The number of rotatable bonds is 5. The summed E-state index contributed by atoms with van der Waals surface area (Å²) in [4.78, 5) is 0. The van der Waals surface area contributed by atoms with Gasteiger partial charge in [0.05, 0.1) is 12.1 Å². The van der Waals surface area contributed by atoms with E-state index in [2.05, 4.69) is 11.4 Å². The standard InChI is InChI=1S/C8H16N2OS/c1-7(4-5-12(3)11)10-8(2)6-9/h7-8,10H,4-5H2,1-3H3. The molecule has 0 saturated carbocycles. The summed E-state index contributed by atoms with van der Waals surface area (Å²) in [5, 5.41) is 11.6. The molecule has 0 aliphatic carbocycles. The first-order chi connectivity index (χ1) is 5.56. The molecule has 0 radical (unpaired) electrons. The highest BCUT2D eigenvalue weighted by Gasteiger charge is 2.05. The van der Waals surface area contributed by atoms with Crippen molar-refractivity contribution < 1.29 is 4.21 Å². The van der Waals surface area contributed by atoms with Crippen molar-refractivity contribution in [1.29, 1.82) is 5.26 Å². The van der Waals surface area contributed by atoms with Crippen LogP contribution in [-0.4, -0.2) is 28.3 Å². The third kappa shape index (κ3) is 6.32. The van der Waals surface area contributed by atoms with Crippen LogP contribution in [0.25, 0.3) is 0 Å². The smallest absolute Gasteiger partial charge is 0.0926 e. The highest BCUT2D eigenvalue weighted by molar-refractivity contribution is 7.84. The number of hydrogen-bond acceptors (Lipinski definition) is 3. The van der Waals surface area contributed by atoms with Gasteiger partial charge in [-0.25, -0.2) is 0 Å². The minimum absolute atomic E-state index is 0.120. The Bertz CT molecular complexity index is 188. The molecule has 0 aromatic carbocycles. The molecule has 0 heterocycles. The second kappa shape index (κ2) is 6.15. The Kier molecular flexibility index (Phi) is 5.95. The fourth-order valence-electron chi connectivity index (χ4n) is 0.890. The fraction of sp³-hybridized carbons (Fsp3) is 0.875. The molecule has 0 aliphatic rings. The molecule has 0 bridgehead atoms. The number of nitrogens with one attached hydrogen (secondary N) is 1. The van der Waals surface area contributed by atoms with Gasteiger partial charge in [-0.05, 0) is 20.3 Å². The predicted molar refractivity (Wildman–Crippen MR) is 51.2 cm³/mol. The van der Waals surface area contributed by atoms with E-state index in [0.29, 0.717) is 5.75 Å². The van der Waals surface area contributed by atoms with Crippen LogP contribution in [0.4, 0.5) is 0 Å². The number of nitrogens with zero attached hydrogens (tertiary/aromatic N) is 1. The molecule has 0 rings (SSSR count). The quantitative estimate of drug-likeness (QED) is 0.689. The number of hydrogen-bond donors (Lipinski definition) is 1. The van der Waals surface area contributed by atoms with Crippen molar-refractivity contribution >= 4 is 10.8 Å². The molecule has 70 valence electrons. The van der Waals surface area contributed by atoms with Crippen LogP contribution in [0.2, 0.25) is 0 Å². The van der Waals surface area contributed by atoms with Crippen LogP contribution in [0.15, 0.2) is 0 Å². The van der Waals surface area contributed by atoms with Gasteiger partial charge in [0.25, 0.3) is 0 Å². The Morgan fingerprint density at radius 2 is 2.17 bits per heavy atom. The monoisotopic (exact) mass is 188 g/mol. The van der Waals surface area contributed by atoms with E-state index in [0.717, 1.165) is 6.42 Å². The van der Waals surface area contributed by atoms with Crippen LogP contribution in [0.3, 0.4) is 0 Å². The molecule has 4 heteroatoms. The zero-order valence-electron chi connectivity index (χ0n) is 7.83. The molecule has 0 amide bonds. The summed E-state index contributed by atoms with van der Waals surface area (Å²) < 4.78 is 10.7. The molecular formula is C8H16N2OS. The lowest BCUT2D eigenvalue weighted by atomic mass is 10.2. The van der Waals surface area contributed by atoms with Crippen molar-refractivity contribution in [3.63, 3.8) is 0 Å². The summed E-state index contributed by atoms with van der Waals surface area (Å²) in [6.07, 6.45) is 2.55. The third-order valence-electron chi connectivity index (χ3n) is 1.57. The van der Waals surface area contributed by atoms with Gasteiger partial charge < -0.3 is 0 Å². The topological polar surface area (TPSA) is 52.9 Å². The molecule has 0 saturated heterocycles. The fourth-order valence-corrected chi connectivity index (χ4v) is 1.58. The van der Waals surface area contributed by atoms with Crippen LogP contribution >= 0.6 is 0 Å². The van der Waals surface area contributed by atoms with Crippen LogP contribution in [0, 0.1) is 11.3 Å². The Labute approximate surface area is 76.6 Å². The molecular weight excluding hydrogens is 172 g/mol. The van der Waals surface area contributed by atoms with Gasteiger partial charge in [-0.1, -0.05) is 0 Å². The van der Waals surface area contributed by atoms with E-state index in [1.54, 1.807) is 6.26 Å². The van der Waals surface area contributed by atoms with Crippen molar-refractivity contribution in [2.45, 2.75) is 32.4 Å². The molecule has 12 heavy (non-hydrogen) atoms. The first kappa shape index (κ1) is 11.6. The summed E-state index contributed by atoms with van der Waals surface area (Å²) in [6.45, 7) is 3.82. The lowest BCUT2D eigenvalue weighted by molar-refractivity contribution is 0.510. The molecule has 3 unspecified atom stereocenters. The van der Waals surface area contributed by atoms with Gasteiger partial charge in [0, 0.05) is 28.9 Å². The van der Waals surface area contributed by atoms with Gasteiger partial charge in [-0.15, -0.1) is 0 Å². The Morgan fingerprint density at radius 1 is 1.58 bits per heavy atom. The van der Waals surface area contributed by atoms with Crippen molar-refractivity contribution in [2.75, 3.05) is 12.0 Å². The van der Waals surface area contributed by atoms with Gasteiger partial charge in [0.15, 0.2) is 0 Å². The Balaban J connectivity index is 3.54. The Morgan fingerprint density at radius 3 is 2.58 bits per heavy atom. The maximum Gasteiger partial charge on any atom is 0.0926 e. The SMILES string of the molecule is CC(C#N)NC(C)CCS(C)=O. The van der Waals surface area contributed by atoms with Crippen LogP contribution in [0.5, 0.6) is 0 Å². The first-order valence-corrected chi connectivity index (χ1v) is 5.74. The maximum absolute atomic E-state index is 10.7. The minimum Gasteiger partial charge on any atom is -0.300 e. The average molecular weight is 188 g/mol. The highest BCUT2D eigenvalue weighted by Crippen LogP contribution is 1.94. The van der Waals surface area contributed by atoms with Crippen molar-refractivity contribution in [2.24, 2.45) is 0 Å². The molecule has 3 atom stereocenters. The van der Waals surface area contributed by atoms with Crippen molar-refractivity contribution in [1.82, 2.24) is 5.32 Å². The van der Waals surface area contributed by atoms with Gasteiger partial charge in [-0.3, -0.25) is 9.53 Å². The van der Waals surface area contributed by atoms with E-state index < -0.39 is 10.8 Å². The summed E-state index contributed by atoms with van der Waals surface area (Å²) in [5.41, 5.74) is 0. The molecule has 0 aromatic rings. The minimum atomic E-state index is -0.726. The zero-order valence-corrected chi connectivity index (χ0v) is 8.65. The largest absolute Gasteiger partial charge is 0.300 e. The predicted octanol–water partition coefficient (Wildman–Crippen LogP) is 0.645.